The van der Waals surface area contributed by atoms with Crippen molar-refractivity contribution in [1.82, 2.24) is 0 Å². The molecule has 0 N–H and O–H groups in total. The van der Waals surface area contributed by atoms with Crippen LogP contribution in [-0.2, 0) is 4.79 Å². The second kappa shape index (κ2) is 4.91. The van der Waals surface area contributed by atoms with Gasteiger partial charge in [0.05, 0.1) is 0 Å². The van der Waals surface area contributed by atoms with Crippen molar-refractivity contribution in [2.24, 2.45) is 0 Å². The monoisotopic (exact) mass is 130 g/mol. The zero-order valence-electron chi connectivity index (χ0n) is 5.02. The van der Waals surface area contributed by atoms with E-state index in [0.717, 1.165) is 5.75 Å². The van der Waals surface area contributed by atoms with E-state index in [2.05, 4.69) is 6.58 Å². The molecule has 0 aliphatic heterocycles. The molecule has 8 heavy (non-hydrogen) atoms. The third-order valence-electron chi connectivity index (χ3n) is 0.690. The second-order valence-electron chi connectivity index (χ2n) is 1.49. The summed E-state index contributed by atoms with van der Waals surface area (Å²) in [7, 11) is 0. The van der Waals surface area contributed by atoms with Crippen LogP contribution in [0.5, 0.6) is 0 Å². The van der Waals surface area contributed by atoms with Gasteiger partial charge in [0.1, 0.15) is 5.78 Å². The first kappa shape index (κ1) is 7.76. The molecule has 0 aromatic carbocycles. The van der Waals surface area contributed by atoms with Crippen molar-refractivity contribution in [3.05, 3.63) is 12.0 Å². The van der Waals surface area contributed by atoms with E-state index < -0.39 is 0 Å². The van der Waals surface area contributed by atoms with Gasteiger partial charge < -0.3 is 0 Å². The lowest BCUT2D eigenvalue weighted by molar-refractivity contribution is -0.116. The Hall–Kier alpha value is -0.240. The molecule has 0 amide bonds. The molecule has 0 unspecified atom stereocenters. The van der Waals surface area contributed by atoms with Crippen LogP contribution in [0.25, 0.3) is 0 Å². The summed E-state index contributed by atoms with van der Waals surface area (Å²) in [4.78, 5) is 10.3. The molecule has 0 saturated carbocycles. The summed E-state index contributed by atoms with van der Waals surface area (Å²) in [5.74, 6) is 1.12. The van der Waals surface area contributed by atoms with Gasteiger partial charge in [-0.15, -0.1) is 11.8 Å². The van der Waals surface area contributed by atoms with Crippen molar-refractivity contribution in [3.8, 4) is 0 Å². The molecule has 0 aromatic rings. The highest BCUT2D eigenvalue weighted by Crippen LogP contribution is 2.01. The Kier molecular flexibility index (Phi) is 4.76. The van der Waals surface area contributed by atoms with Crippen LogP contribution in [-0.4, -0.2) is 11.5 Å². The first-order valence-electron chi connectivity index (χ1n) is 2.49. The highest BCUT2D eigenvalue weighted by molar-refractivity contribution is 8.02. The second-order valence-corrected chi connectivity index (χ2v) is 2.56. The summed E-state index contributed by atoms with van der Waals surface area (Å²) >= 11 is 1.58. The van der Waals surface area contributed by atoms with E-state index in [1.54, 1.807) is 24.1 Å². The SMILES string of the molecule is C=CSCCC(C)=O. The third kappa shape index (κ3) is 5.76. The molecule has 46 valence electrons. The summed E-state index contributed by atoms with van der Waals surface area (Å²) in [5, 5.41) is 1.75. The smallest absolute Gasteiger partial charge is 0.130 e. The number of carbonyl (C=O) groups excluding carboxylic acids is 1. The van der Waals surface area contributed by atoms with Gasteiger partial charge in [0, 0.05) is 12.2 Å². The molecule has 2 heteroatoms. The van der Waals surface area contributed by atoms with Crippen molar-refractivity contribution >= 4 is 17.5 Å². The normalized spacial score (nSPS) is 8.62. The van der Waals surface area contributed by atoms with Gasteiger partial charge in [-0.25, -0.2) is 0 Å². The maximum atomic E-state index is 10.3. The number of hydrogen-bond acceptors (Lipinski definition) is 2. The minimum atomic E-state index is 0.249. The molecule has 0 fully saturated rings. The largest absolute Gasteiger partial charge is 0.300 e. The van der Waals surface area contributed by atoms with Gasteiger partial charge in [-0.05, 0) is 12.3 Å². The zero-order valence-corrected chi connectivity index (χ0v) is 5.83. The Morgan fingerprint density at radius 1 is 1.88 bits per heavy atom. The first-order valence-corrected chi connectivity index (χ1v) is 3.54. The van der Waals surface area contributed by atoms with Crippen LogP contribution in [0.1, 0.15) is 13.3 Å². The van der Waals surface area contributed by atoms with Crippen LogP contribution in [0.2, 0.25) is 0 Å². The molecule has 0 aliphatic rings. The van der Waals surface area contributed by atoms with Crippen molar-refractivity contribution in [2.45, 2.75) is 13.3 Å². The van der Waals surface area contributed by atoms with E-state index in [9.17, 15) is 4.79 Å². The number of Topliss-reactive ketones (excluding diaryl/α,β-unsaturated/α-hetero) is 1. The Morgan fingerprint density at radius 2 is 2.50 bits per heavy atom. The molecule has 0 bridgehead atoms. The predicted molar refractivity (Wildman–Crippen MR) is 38.0 cm³/mol. The topological polar surface area (TPSA) is 17.1 Å². The molecule has 0 atom stereocenters. The number of hydrogen-bond donors (Lipinski definition) is 0. The molecular weight excluding hydrogens is 120 g/mol. The molecular formula is C6H10OS. The molecule has 0 spiro atoms. The lowest BCUT2D eigenvalue weighted by Gasteiger charge is -1.88. The standard InChI is InChI=1S/C6H10OS/c1-3-8-5-4-6(2)7/h3H,1,4-5H2,2H3. The highest BCUT2D eigenvalue weighted by atomic mass is 32.2. The summed E-state index contributed by atoms with van der Waals surface area (Å²) in [5.41, 5.74) is 0. The fourth-order valence-electron chi connectivity index (χ4n) is 0.286. The maximum Gasteiger partial charge on any atom is 0.130 e. The van der Waals surface area contributed by atoms with Crippen molar-refractivity contribution < 1.29 is 4.79 Å². The molecule has 0 aromatic heterocycles. The molecule has 1 nitrogen and oxygen atoms in total. The Bertz CT molecular complexity index is 88.5. The summed E-state index contributed by atoms with van der Waals surface area (Å²) in [6, 6.07) is 0. The lowest BCUT2D eigenvalue weighted by Crippen LogP contribution is -1.89. The van der Waals surface area contributed by atoms with Gasteiger partial charge in [-0.2, -0.15) is 0 Å². The Balaban J connectivity index is 2.93. The number of ketones is 1. The van der Waals surface area contributed by atoms with Crippen LogP contribution in [0.4, 0.5) is 0 Å². The van der Waals surface area contributed by atoms with E-state index in [-0.39, 0.29) is 5.78 Å². The van der Waals surface area contributed by atoms with E-state index in [0.29, 0.717) is 6.42 Å². The minimum absolute atomic E-state index is 0.249. The van der Waals surface area contributed by atoms with Gasteiger partial charge >= 0.3 is 0 Å². The molecule has 0 radical (unpaired) electrons. The van der Waals surface area contributed by atoms with Gasteiger partial charge in [-0.1, -0.05) is 6.58 Å². The first-order chi connectivity index (χ1) is 3.77. The van der Waals surface area contributed by atoms with Gasteiger partial charge in [0.2, 0.25) is 0 Å². The summed E-state index contributed by atoms with van der Waals surface area (Å²) < 4.78 is 0. The lowest BCUT2D eigenvalue weighted by atomic mass is 10.4. The fraction of sp³-hybridized carbons (Fsp3) is 0.500. The quantitative estimate of drug-likeness (QED) is 0.540. The van der Waals surface area contributed by atoms with Gasteiger partial charge in [0.25, 0.3) is 0 Å². The molecule has 0 rings (SSSR count). The molecule has 0 aliphatic carbocycles. The summed E-state index contributed by atoms with van der Waals surface area (Å²) in [6.45, 7) is 5.11. The zero-order chi connectivity index (χ0) is 6.41. The van der Waals surface area contributed by atoms with Gasteiger partial charge in [-0.3, -0.25) is 4.79 Å². The van der Waals surface area contributed by atoms with E-state index in [1.807, 2.05) is 0 Å². The van der Waals surface area contributed by atoms with Crippen LogP contribution < -0.4 is 0 Å². The van der Waals surface area contributed by atoms with Crippen molar-refractivity contribution in [2.75, 3.05) is 5.75 Å². The molecule has 0 saturated heterocycles. The average Bonchev–Trinajstić information content (AvgIpc) is 1.66. The van der Waals surface area contributed by atoms with Crippen molar-refractivity contribution in [3.63, 3.8) is 0 Å². The predicted octanol–water partition coefficient (Wildman–Crippen LogP) is 1.84. The van der Waals surface area contributed by atoms with E-state index >= 15 is 0 Å². The summed E-state index contributed by atoms with van der Waals surface area (Å²) in [6.07, 6.45) is 0.663. The Labute approximate surface area is 54.2 Å². The van der Waals surface area contributed by atoms with Crippen LogP contribution in [0, 0.1) is 0 Å². The number of thioether (sulfide) groups is 1. The average molecular weight is 130 g/mol. The van der Waals surface area contributed by atoms with Crippen LogP contribution >= 0.6 is 11.8 Å². The van der Waals surface area contributed by atoms with E-state index in [1.165, 1.54) is 0 Å². The number of rotatable bonds is 4. The molecule has 0 heterocycles. The van der Waals surface area contributed by atoms with E-state index in [4.69, 9.17) is 0 Å². The number of carbonyl (C=O) groups is 1. The van der Waals surface area contributed by atoms with Crippen molar-refractivity contribution in [1.29, 1.82) is 0 Å². The highest BCUT2D eigenvalue weighted by Gasteiger charge is 1.88. The maximum absolute atomic E-state index is 10.3. The third-order valence-corrected chi connectivity index (χ3v) is 1.37. The Morgan fingerprint density at radius 3 is 2.88 bits per heavy atom. The van der Waals surface area contributed by atoms with Gasteiger partial charge in [0.15, 0.2) is 0 Å². The van der Waals surface area contributed by atoms with Crippen LogP contribution in [0.15, 0.2) is 12.0 Å². The van der Waals surface area contributed by atoms with Crippen LogP contribution in [0.3, 0.4) is 0 Å². The minimum Gasteiger partial charge on any atom is -0.300 e. The fourth-order valence-corrected chi connectivity index (χ4v) is 0.858.